The number of rotatable bonds is 9. The Morgan fingerprint density at radius 3 is 2.71 bits per heavy atom. The van der Waals surface area contributed by atoms with Crippen LogP contribution in [0.25, 0.3) is 22.2 Å². The number of anilines is 4. The van der Waals surface area contributed by atoms with Gasteiger partial charge in [0.2, 0.25) is 11.9 Å². The second kappa shape index (κ2) is 11.2. The van der Waals surface area contributed by atoms with E-state index in [1.165, 1.54) is 6.08 Å². The van der Waals surface area contributed by atoms with Crippen molar-refractivity contribution in [1.82, 2.24) is 19.4 Å². The van der Waals surface area contributed by atoms with Gasteiger partial charge < -0.3 is 29.7 Å². The number of para-hydroxylation sites is 1. The average molecular weight is 563 g/mol. The molecule has 1 amide bonds. The van der Waals surface area contributed by atoms with Crippen molar-refractivity contribution in [3.8, 4) is 23.1 Å². The van der Waals surface area contributed by atoms with Crippen LogP contribution in [0.3, 0.4) is 0 Å². The van der Waals surface area contributed by atoms with Crippen LogP contribution in [0.15, 0.2) is 61.4 Å². The van der Waals surface area contributed by atoms with Crippen LogP contribution < -0.4 is 20.3 Å². The van der Waals surface area contributed by atoms with Gasteiger partial charge >= 0.3 is 0 Å². The van der Waals surface area contributed by atoms with E-state index in [4.69, 9.17) is 9.72 Å². The number of hydrogen-bond acceptors (Lipinski definition) is 8. The average Bonchev–Trinajstić information content (AvgIpc) is 3.59. The van der Waals surface area contributed by atoms with E-state index >= 15 is 0 Å². The highest BCUT2D eigenvalue weighted by atomic mass is 16.5. The van der Waals surface area contributed by atoms with Crippen molar-refractivity contribution in [2.75, 3.05) is 49.8 Å². The van der Waals surface area contributed by atoms with Gasteiger partial charge in [0.1, 0.15) is 11.8 Å². The molecule has 1 saturated carbocycles. The third-order valence-corrected chi connectivity index (χ3v) is 8.09. The van der Waals surface area contributed by atoms with Crippen LogP contribution in [0.2, 0.25) is 0 Å². The molecule has 2 aromatic carbocycles. The molecule has 4 aromatic rings. The van der Waals surface area contributed by atoms with E-state index in [1.807, 2.05) is 24.3 Å². The number of methoxy groups -OCH3 is 1. The topological polar surface area (TPSA) is 111 Å². The fourth-order valence-electron chi connectivity index (χ4n) is 5.66. The SMILES string of the molecule is C=CC(=O)Nc1cc(Nc2ncc(C#N)c(-c3cn(C4CC4)c4ccccc34)n2)c(OC)cc1N1CCC(N(C)C)C1. The van der Waals surface area contributed by atoms with Gasteiger partial charge in [-0.15, -0.1) is 0 Å². The molecule has 1 saturated heterocycles. The summed E-state index contributed by atoms with van der Waals surface area (Å²) < 4.78 is 8.08. The maximum absolute atomic E-state index is 12.4. The van der Waals surface area contributed by atoms with Gasteiger partial charge in [-0.3, -0.25) is 4.79 Å². The predicted octanol–water partition coefficient (Wildman–Crippen LogP) is 5.32. The molecule has 2 fully saturated rings. The summed E-state index contributed by atoms with van der Waals surface area (Å²) in [5.74, 6) is 0.586. The van der Waals surface area contributed by atoms with E-state index in [1.54, 1.807) is 13.3 Å². The smallest absolute Gasteiger partial charge is 0.247 e. The zero-order chi connectivity index (χ0) is 29.4. The van der Waals surface area contributed by atoms with E-state index in [0.717, 1.165) is 54.5 Å². The number of amides is 1. The summed E-state index contributed by atoms with van der Waals surface area (Å²) in [6.07, 6.45) is 8.21. The van der Waals surface area contributed by atoms with E-state index in [2.05, 4.69) is 75.1 Å². The molecular formula is C32H34N8O2. The highest BCUT2D eigenvalue weighted by molar-refractivity contribution is 6.02. The first-order valence-electron chi connectivity index (χ1n) is 14.1. The van der Waals surface area contributed by atoms with Gasteiger partial charge in [0.25, 0.3) is 0 Å². The largest absolute Gasteiger partial charge is 0.494 e. The molecule has 2 N–H and O–H groups in total. The molecule has 42 heavy (non-hydrogen) atoms. The molecule has 2 aliphatic rings. The van der Waals surface area contributed by atoms with E-state index in [-0.39, 0.29) is 5.91 Å². The Morgan fingerprint density at radius 1 is 1.21 bits per heavy atom. The van der Waals surface area contributed by atoms with Crippen LogP contribution in [0, 0.1) is 11.3 Å². The standard InChI is InChI=1S/C32H34N8O2/c1-5-30(41)35-25-14-26(29(42-4)15-28(25)39-13-12-22(18-39)38(2)3)36-32-34-17-20(16-33)31(37-32)24-19-40(21-10-11-21)27-9-7-6-8-23(24)27/h5-9,14-15,17,19,21-22H,1,10-13,18H2,2-4H3,(H,35,41)(H,34,36,37). The third-order valence-electron chi connectivity index (χ3n) is 8.09. The fraction of sp³-hybridized carbons (Fsp3) is 0.312. The molecule has 3 heterocycles. The molecule has 1 atom stereocenters. The number of benzene rings is 2. The van der Waals surface area contributed by atoms with E-state index in [9.17, 15) is 10.1 Å². The summed E-state index contributed by atoms with van der Waals surface area (Å²) in [5.41, 5.74) is 5.06. The number of nitrogens with zero attached hydrogens (tertiary/aromatic N) is 6. The van der Waals surface area contributed by atoms with Gasteiger partial charge in [-0.25, -0.2) is 9.97 Å². The monoisotopic (exact) mass is 562 g/mol. The lowest BCUT2D eigenvalue weighted by atomic mass is 10.1. The van der Waals surface area contributed by atoms with Crippen LogP contribution in [0.4, 0.5) is 23.0 Å². The van der Waals surface area contributed by atoms with Crippen molar-refractivity contribution < 1.29 is 9.53 Å². The van der Waals surface area contributed by atoms with Gasteiger partial charge in [-0.05, 0) is 51.6 Å². The predicted molar refractivity (Wildman–Crippen MR) is 165 cm³/mol. The molecule has 10 nitrogen and oxygen atoms in total. The summed E-state index contributed by atoms with van der Waals surface area (Å²) in [7, 11) is 5.77. The second-order valence-corrected chi connectivity index (χ2v) is 11.0. The van der Waals surface area contributed by atoms with Gasteiger partial charge in [-0.1, -0.05) is 24.8 Å². The lowest BCUT2D eigenvalue weighted by Crippen LogP contribution is -2.31. The van der Waals surface area contributed by atoms with Crippen molar-refractivity contribution in [3.05, 3.63) is 67.0 Å². The number of likely N-dealkylation sites (N-methyl/N-ethyl adjacent to an activating group) is 1. The number of nitrogens with one attached hydrogen (secondary N) is 2. The number of ether oxygens (including phenoxy) is 1. The number of carbonyl (C=O) groups excluding carboxylic acids is 1. The van der Waals surface area contributed by atoms with Crippen LogP contribution in [0.5, 0.6) is 5.75 Å². The molecule has 1 aliphatic carbocycles. The third kappa shape index (κ3) is 5.15. The second-order valence-electron chi connectivity index (χ2n) is 11.0. The Bertz CT molecular complexity index is 1720. The van der Waals surface area contributed by atoms with Crippen LogP contribution in [0.1, 0.15) is 30.9 Å². The zero-order valence-electron chi connectivity index (χ0n) is 24.1. The Kier molecular flexibility index (Phi) is 7.27. The lowest BCUT2D eigenvalue weighted by Gasteiger charge is -2.25. The minimum Gasteiger partial charge on any atom is -0.494 e. The number of aromatic nitrogens is 3. The number of carbonyl (C=O) groups is 1. The Morgan fingerprint density at radius 2 is 2.02 bits per heavy atom. The summed E-state index contributed by atoms with van der Waals surface area (Å²) in [4.78, 5) is 26.2. The summed E-state index contributed by atoms with van der Waals surface area (Å²) >= 11 is 0. The minimum absolute atomic E-state index is 0.306. The Balaban J connectivity index is 1.39. The molecule has 1 unspecified atom stereocenters. The molecule has 2 aromatic heterocycles. The zero-order valence-corrected chi connectivity index (χ0v) is 24.1. The van der Waals surface area contributed by atoms with Crippen molar-refractivity contribution in [2.24, 2.45) is 0 Å². The molecule has 1 aliphatic heterocycles. The highest BCUT2D eigenvalue weighted by Crippen LogP contribution is 2.42. The van der Waals surface area contributed by atoms with Gasteiger partial charge in [-0.2, -0.15) is 5.26 Å². The first-order valence-corrected chi connectivity index (χ1v) is 14.1. The molecular weight excluding hydrogens is 528 g/mol. The highest BCUT2D eigenvalue weighted by Gasteiger charge is 2.28. The number of fused-ring (bicyclic) bond motifs is 1. The minimum atomic E-state index is -0.306. The summed E-state index contributed by atoms with van der Waals surface area (Å²) in [6, 6.07) is 15.1. The fourth-order valence-corrected chi connectivity index (χ4v) is 5.66. The van der Waals surface area contributed by atoms with Gasteiger partial charge in [0.05, 0.1) is 41.6 Å². The molecule has 214 valence electrons. The van der Waals surface area contributed by atoms with Crippen LogP contribution in [-0.4, -0.2) is 65.7 Å². The first kappa shape index (κ1) is 27.3. The molecule has 10 heteroatoms. The lowest BCUT2D eigenvalue weighted by molar-refractivity contribution is -0.111. The van der Waals surface area contributed by atoms with Gasteiger partial charge in [0, 0.05) is 53.9 Å². The molecule has 0 radical (unpaired) electrons. The van der Waals surface area contributed by atoms with Crippen molar-refractivity contribution in [3.63, 3.8) is 0 Å². The van der Waals surface area contributed by atoms with E-state index in [0.29, 0.717) is 46.4 Å². The van der Waals surface area contributed by atoms with Crippen LogP contribution >= 0.6 is 0 Å². The number of hydrogen-bond donors (Lipinski definition) is 2. The maximum atomic E-state index is 12.4. The Hall–Kier alpha value is -4.88. The van der Waals surface area contributed by atoms with Crippen molar-refractivity contribution in [1.29, 1.82) is 5.26 Å². The number of nitriles is 1. The van der Waals surface area contributed by atoms with Gasteiger partial charge in [0.15, 0.2) is 0 Å². The van der Waals surface area contributed by atoms with Crippen LogP contribution in [-0.2, 0) is 4.79 Å². The van der Waals surface area contributed by atoms with E-state index < -0.39 is 0 Å². The first-order chi connectivity index (χ1) is 20.4. The quantitative estimate of drug-likeness (QED) is 0.264. The summed E-state index contributed by atoms with van der Waals surface area (Å²) in [6.45, 7) is 5.30. The van der Waals surface area contributed by atoms with Crippen molar-refractivity contribution >= 4 is 39.8 Å². The molecule has 0 spiro atoms. The Labute approximate surface area is 245 Å². The normalized spacial score (nSPS) is 16.5. The molecule has 0 bridgehead atoms. The molecule has 6 rings (SSSR count). The summed E-state index contributed by atoms with van der Waals surface area (Å²) in [5, 5.41) is 17.2. The van der Waals surface area contributed by atoms with Crippen molar-refractivity contribution in [2.45, 2.75) is 31.3 Å². The maximum Gasteiger partial charge on any atom is 0.247 e.